The van der Waals surface area contributed by atoms with Gasteiger partial charge in [-0.05, 0) is 30.2 Å². The summed E-state index contributed by atoms with van der Waals surface area (Å²) >= 11 is 0. The van der Waals surface area contributed by atoms with Crippen LogP contribution in [0.4, 0.5) is 5.69 Å². The van der Waals surface area contributed by atoms with Gasteiger partial charge in [0.05, 0.1) is 7.11 Å². The van der Waals surface area contributed by atoms with Crippen LogP contribution < -0.4 is 15.2 Å². The summed E-state index contributed by atoms with van der Waals surface area (Å²) in [6.45, 7) is 2.09. The van der Waals surface area contributed by atoms with Gasteiger partial charge in [0.2, 0.25) is 0 Å². The fraction of sp³-hybridized carbons (Fsp3) is 0.200. The zero-order valence-corrected chi connectivity index (χ0v) is 10.6. The van der Waals surface area contributed by atoms with Gasteiger partial charge in [0.25, 0.3) is 0 Å². The van der Waals surface area contributed by atoms with Crippen LogP contribution in [0, 0.1) is 0 Å². The van der Waals surface area contributed by atoms with Crippen LogP contribution in [0.5, 0.6) is 17.2 Å². The molecule has 3 nitrogen and oxygen atoms in total. The minimum atomic E-state index is 0.519. The smallest absolute Gasteiger partial charge is 0.154 e. The van der Waals surface area contributed by atoms with E-state index < -0.39 is 0 Å². The van der Waals surface area contributed by atoms with Crippen molar-refractivity contribution in [3.05, 3.63) is 48.0 Å². The van der Waals surface area contributed by atoms with Gasteiger partial charge in [0.15, 0.2) is 5.75 Å². The molecule has 94 valence electrons. The maximum Gasteiger partial charge on any atom is 0.154 e. The van der Waals surface area contributed by atoms with E-state index in [0.717, 1.165) is 17.7 Å². The summed E-state index contributed by atoms with van der Waals surface area (Å²) in [7, 11) is 1.59. The van der Waals surface area contributed by atoms with Crippen LogP contribution in [0.25, 0.3) is 0 Å². The first-order chi connectivity index (χ1) is 8.76. The lowest BCUT2D eigenvalue weighted by Gasteiger charge is -2.13. The molecule has 2 N–H and O–H groups in total. The molecular formula is C15H17NO2. The summed E-state index contributed by atoms with van der Waals surface area (Å²) < 4.78 is 11.0. The van der Waals surface area contributed by atoms with E-state index in [0.29, 0.717) is 17.2 Å². The van der Waals surface area contributed by atoms with Crippen molar-refractivity contribution in [2.24, 2.45) is 0 Å². The molecule has 0 aliphatic rings. The molecule has 0 atom stereocenters. The van der Waals surface area contributed by atoms with Crippen molar-refractivity contribution in [1.29, 1.82) is 0 Å². The Balaban J connectivity index is 2.34. The number of ether oxygens (including phenoxy) is 2. The fourth-order valence-electron chi connectivity index (χ4n) is 1.80. The van der Waals surface area contributed by atoms with Gasteiger partial charge >= 0.3 is 0 Å². The summed E-state index contributed by atoms with van der Waals surface area (Å²) in [5, 5.41) is 0. The Hall–Kier alpha value is -2.16. The van der Waals surface area contributed by atoms with E-state index in [2.05, 4.69) is 6.92 Å². The Bertz CT molecular complexity index is 538. The minimum absolute atomic E-state index is 0.519. The van der Waals surface area contributed by atoms with Crippen molar-refractivity contribution in [3.63, 3.8) is 0 Å². The molecule has 3 heteroatoms. The molecular weight excluding hydrogens is 226 g/mol. The largest absolute Gasteiger partial charge is 0.494 e. The molecule has 0 aliphatic carbocycles. The normalized spacial score (nSPS) is 10.1. The van der Waals surface area contributed by atoms with E-state index in [1.807, 2.05) is 42.5 Å². The number of nitrogen functional groups attached to an aromatic ring is 1. The Morgan fingerprint density at radius 2 is 1.61 bits per heavy atom. The lowest BCUT2D eigenvalue weighted by Crippen LogP contribution is -1.97. The molecule has 0 spiro atoms. The van der Waals surface area contributed by atoms with Crippen LogP contribution in [-0.4, -0.2) is 7.11 Å². The van der Waals surface area contributed by atoms with Crippen molar-refractivity contribution in [2.45, 2.75) is 13.3 Å². The van der Waals surface area contributed by atoms with Gasteiger partial charge in [-0.1, -0.05) is 31.2 Å². The van der Waals surface area contributed by atoms with Crippen molar-refractivity contribution in [3.8, 4) is 17.2 Å². The van der Waals surface area contributed by atoms with Gasteiger partial charge in [-0.2, -0.15) is 0 Å². The summed E-state index contributed by atoms with van der Waals surface area (Å²) in [6, 6.07) is 13.5. The second-order valence-corrected chi connectivity index (χ2v) is 3.94. The van der Waals surface area contributed by atoms with E-state index in [1.165, 1.54) is 0 Å². The van der Waals surface area contributed by atoms with Crippen molar-refractivity contribution < 1.29 is 9.47 Å². The summed E-state index contributed by atoms with van der Waals surface area (Å²) in [5.74, 6) is 2.08. The molecule has 0 amide bonds. The fourth-order valence-corrected chi connectivity index (χ4v) is 1.80. The monoisotopic (exact) mass is 243 g/mol. The van der Waals surface area contributed by atoms with Crippen LogP contribution in [0.2, 0.25) is 0 Å². The molecule has 0 heterocycles. The van der Waals surface area contributed by atoms with Gasteiger partial charge in [0.1, 0.15) is 17.2 Å². The van der Waals surface area contributed by atoms with Gasteiger partial charge in [-0.25, -0.2) is 0 Å². The Morgan fingerprint density at radius 3 is 2.33 bits per heavy atom. The Morgan fingerprint density at radius 1 is 0.944 bits per heavy atom. The van der Waals surface area contributed by atoms with Crippen LogP contribution in [0.1, 0.15) is 12.5 Å². The number of methoxy groups -OCH3 is 1. The first-order valence-electron chi connectivity index (χ1n) is 5.94. The van der Waals surface area contributed by atoms with E-state index in [9.17, 15) is 0 Å². The lowest BCUT2D eigenvalue weighted by molar-refractivity contribution is 0.412. The summed E-state index contributed by atoms with van der Waals surface area (Å²) in [5.41, 5.74) is 7.66. The second kappa shape index (κ2) is 5.45. The van der Waals surface area contributed by atoms with Crippen molar-refractivity contribution in [2.75, 3.05) is 12.8 Å². The molecule has 0 unspecified atom stereocenters. The highest BCUT2D eigenvalue weighted by Crippen LogP contribution is 2.35. The summed E-state index contributed by atoms with van der Waals surface area (Å²) in [4.78, 5) is 0. The molecule has 0 aliphatic heterocycles. The number of nitrogens with two attached hydrogens (primary N) is 1. The number of hydrogen-bond donors (Lipinski definition) is 1. The number of para-hydroxylation sites is 2. The average Bonchev–Trinajstić information content (AvgIpc) is 2.42. The predicted molar refractivity (Wildman–Crippen MR) is 73.3 cm³/mol. The molecule has 2 rings (SSSR count). The standard InChI is InChI=1S/C15H17NO2/c1-3-11-7-4-5-8-12(11)18-14-10-6-9-13(17-2)15(14)16/h4-10H,3,16H2,1-2H3. The molecule has 2 aromatic carbocycles. The zero-order valence-electron chi connectivity index (χ0n) is 10.6. The Labute approximate surface area is 107 Å². The van der Waals surface area contributed by atoms with Crippen LogP contribution in [0.15, 0.2) is 42.5 Å². The highest BCUT2D eigenvalue weighted by molar-refractivity contribution is 5.63. The van der Waals surface area contributed by atoms with Crippen LogP contribution in [-0.2, 0) is 6.42 Å². The van der Waals surface area contributed by atoms with Crippen LogP contribution >= 0.6 is 0 Å². The van der Waals surface area contributed by atoms with E-state index in [1.54, 1.807) is 7.11 Å². The first kappa shape index (κ1) is 12.3. The van der Waals surface area contributed by atoms with Crippen molar-refractivity contribution in [1.82, 2.24) is 0 Å². The van der Waals surface area contributed by atoms with Gasteiger partial charge < -0.3 is 15.2 Å². The van der Waals surface area contributed by atoms with Gasteiger partial charge in [-0.15, -0.1) is 0 Å². The van der Waals surface area contributed by atoms with Crippen LogP contribution in [0.3, 0.4) is 0 Å². The first-order valence-corrected chi connectivity index (χ1v) is 5.94. The topological polar surface area (TPSA) is 44.5 Å². The third-order valence-corrected chi connectivity index (χ3v) is 2.82. The zero-order chi connectivity index (χ0) is 13.0. The van der Waals surface area contributed by atoms with Crippen molar-refractivity contribution >= 4 is 5.69 Å². The SMILES string of the molecule is CCc1ccccc1Oc1cccc(OC)c1N. The molecule has 2 aromatic rings. The molecule has 0 saturated carbocycles. The van der Waals surface area contributed by atoms with E-state index in [-0.39, 0.29) is 0 Å². The Kier molecular flexibility index (Phi) is 3.72. The number of benzene rings is 2. The number of aryl methyl sites for hydroxylation is 1. The number of anilines is 1. The predicted octanol–water partition coefficient (Wildman–Crippen LogP) is 3.63. The number of rotatable bonds is 4. The third-order valence-electron chi connectivity index (χ3n) is 2.82. The van der Waals surface area contributed by atoms with Gasteiger partial charge in [-0.3, -0.25) is 0 Å². The highest BCUT2D eigenvalue weighted by Gasteiger charge is 2.09. The second-order valence-electron chi connectivity index (χ2n) is 3.94. The maximum absolute atomic E-state index is 5.98. The molecule has 18 heavy (non-hydrogen) atoms. The summed E-state index contributed by atoms with van der Waals surface area (Å²) in [6.07, 6.45) is 0.917. The van der Waals surface area contributed by atoms with E-state index >= 15 is 0 Å². The van der Waals surface area contributed by atoms with Gasteiger partial charge in [0, 0.05) is 0 Å². The average molecular weight is 243 g/mol. The third kappa shape index (κ3) is 2.40. The minimum Gasteiger partial charge on any atom is -0.494 e. The number of hydrogen-bond acceptors (Lipinski definition) is 3. The highest BCUT2D eigenvalue weighted by atomic mass is 16.5. The molecule has 0 bridgehead atoms. The molecule has 0 fully saturated rings. The maximum atomic E-state index is 5.98. The molecule has 0 saturated heterocycles. The molecule has 0 radical (unpaired) electrons. The van der Waals surface area contributed by atoms with E-state index in [4.69, 9.17) is 15.2 Å². The quantitative estimate of drug-likeness (QED) is 0.834. The molecule has 0 aromatic heterocycles. The lowest BCUT2D eigenvalue weighted by atomic mass is 10.1.